The summed E-state index contributed by atoms with van der Waals surface area (Å²) in [5.41, 5.74) is -0.0653. The predicted octanol–water partition coefficient (Wildman–Crippen LogP) is 3.39. The van der Waals surface area contributed by atoms with Gasteiger partial charge in [-0.2, -0.15) is 0 Å². The third kappa shape index (κ3) is 1.47. The SMILES string of the molecule is O=C(O)c1cc(F)c2sc(Cl)cc2c1. The molecule has 0 fully saturated rings. The molecule has 0 aliphatic rings. The third-order valence-electron chi connectivity index (χ3n) is 1.79. The molecule has 0 bridgehead atoms. The van der Waals surface area contributed by atoms with Crippen molar-refractivity contribution >= 4 is 39.0 Å². The fraction of sp³-hybridized carbons (Fsp3) is 0. The van der Waals surface area contributed by atoms with Crippen molar-refractivity contribution in [2.75, 3.05) is 0 Å². The lowest BCUT2D eigenvalue weighted by atomic mass is 10.1. The zero-order chi connectivity index (χ0) is 10.3. The smallest absolute Gasteiger partial charge is 0.335 e. The van der Waals surface area contributed by atoms with E-state index in [1.807, 2.05) is 0 Å². The monoisotopic (exact) mass is 230 g/mol. The van der Waals surface area contributed by atoms with Crippen LogP contribution in [0.4, 0.5) is 4.39 Å². The van der Waals surface area contributed by atoms with Crippen molar-refractivity contribution in [3.63, 3.8) is 0 Å². The van der Waals surface area contributed by atoms with Crippen molar-refractivity contribution in [1.82, 2.24) is 0 Å². The van der Waals surface area contributed by atoms with Crippen LogP contribution in [-0.4, -0.2) is 11.1 Å². The second-order valence-electron chi connectivity index (χ2n) is 2.73. The number of fused-ring (bicyclic) bond motifs is 1. The average molecular weight is 231 g/mol. The van der Waals surface area contributed by atoms with Gasteiger partial charge in [-0.3, -0.25) is 0 Å². The van der Waals surface area contributed by atoms with Gasteiger partial charge in [0.2, 0.25) is 0 Å². The van der Waals surface area contributed by atoms with E-state index in [2.05, 4.69) is 0 Å². The van der Waals surface area contributed by atoms with E-state index in [0.29, 0.717) is 14.4 Å². The Morgan fingerprint density at radius 1 is 1.43 bits per heavy atom. The Morgan fingerprint density at radius 2 is 2.14 bits per heavy atom. The Hall–Kier alpha value is -1.13. The molecule has 0 aliphatic heterocycles. The van der Waals surface area contributed by atoms with Crippen LogP contribution in [0.25, 0.3) is 10.1 Å². The molecule has 2 rings (SSSR count). The van der Waals surface area contributed by atoms with E-state index in [0.717, 1.165) is 17.4 Å². The van der Waals surface area contributed by atoms with E-state index in [4.69, 9.17) is 16.7 Å². The Balaban J connectivity index is 2.77. The van der Waals surface area contributed by atoms with Crippen LogP contribution in [0.2, 0.25) is 4.34 Å². The number of carbonyl (C=O) groups is 1. The first-order valence-corrected chi connectivity index (χ1v) is 4.89. The fourth-order valence-electron chi connectivity index (χ4n) is 1.20. The Labute approximate surface area is 87.5 Å². The van der Waals surface area contributed by atoms with Gasteiger partial charge in [-0.15, -0.1) is 11.3 Å². The average Bonchev–Trinajstić information content (AvgIpc) is 2.45. The van der Waals surface area contributed by atoms with E-state index in [1.54, 1.807) is 6.07 Å². The van der Waals surface area contributed by atoms with Gasteiger partial charge in [-0.05, 0) is 23.6 Å². The summed E-state index contributed by atoms with van der Waals surface area (Å²) in [5.74, 6) is -1.69. The number of halogens is 2. The topological polar surface area (TPSA) is 37.3 Å². The molecule has 0 unspecified atom stereocenters. The van der Waals surface area contributed by atoms with E-state index >= 15 is 0 Å². The van der Waals surface area contributed by atoms with Crippen molar-refractivity contribution in [3.05, 3.63) is 33.9 Å². The standard InChI is InChI=1S/C9H4ClFO2S/c10-7-3-4-1-5(9(12)13)2-6(11)8(4)14-7/h1-3H,(H,12,13). The molecule has 2 aromatic rings. The summed E-state index contributed by atoms with van der Waals surface area (Å²) in [4.78, 5) is 10.6. The molecule has 14 heavy (non-hydrogen) atoms. The highest BCUT2D eigenvalue weighted by Crippen LogP contribution is 2.32. The maximum absolute atomic E-state index is 13.3. The zero-order valence-electron chi connectivity index (χ0n) is 6.75. The lowest BCUT2D eigenvalue weighted by Crippen LogP contribution is -1.96. The molecule has 0 amide bonds. The van der Waals surface area contributed by atoms with Crippen molar-refractivity contribution in [3.8, 4) is 0 Å². The lowest BCUT2D eigenvalue weighted by molar-refractivity contribution is 0.0696. The summed E-state index contributed by atoms with van der Waals surface area (Å²) in [7, 11) is 0. The van der Waals surface area contributed by atoms with Crippen LogP contribution in [0.3, 0.4) is 0 Å². The summed E-state index contributed by atoms with van der Waals surface area (Å²) in [5, 5.41) is 9.20. The summed E-state index contributed by atoms with van der Waals surface area (Å²) in [6.07, 6.45) is 0. The Bertz CT molecular complexity index is 521. The summed E-state index contributed by atoms with van der Waals surface area (Å²) >= 11 is 6.79. The maximum atomic E-state index is 13.3. The predicted molar refractivity (Wildman–Crippen MR) is 53.8 cm³/mol. The third-order valence-corrected chi connectivity index (χ3v) is 3.08. The summed E-state index contributed by atoms with van der Waals surface area (Å²) in [6, 6.07) is 3.96. The number of thiophene rings is 1. The van der Waals surface area contributed by atoms with Crippen LogP contribution in [0.15, 0.2) is 18.2 Å². The van der Waals surface area contributed by atoms with Gasteiger partial charge in [0.05, 0.1) is 14.6 Å². The number of hydrogen-bond donors (Lipinski definition) is 1. The Kier molecular flexibility index (Phi) is 2.17. The second-order valence-corrected chi connectivity index (χ2v) is 4.42. The molecule has 0 spiro atoms. The molecule has 0 aliphatic carbocycles. The normalized spacial score (nSPS) is 10.7. The van der Waals surface area contributed by atoms with Gasteiger partial charge < -0.3 is 5.11 Å². The molecule has 1 N–H and O–H groups in total. The molecule has 0 saturated carbocycles. The van der Waals surface area contributed by atoms with Crippen LogP contribution in [-0.2, 0) is 0 Å². The van der Waals surface area contributed by atoms with Gasteiger partial charge in [0.25, 0.3) is 0 Å². The largest absolute Gasteiger partial charge is 0.478 e. The summed E-state index contributed by atoms with van der Waals surface area (Å²) in [6.45, 7) is 0. The molecule has 1 aromatic heterocycles. The number of rotatable bonds is 1. The number of carboxylic acid groups (broad SMARTS) is 1. The Morgan fingerprint density at radius 3 is 2.79 bits per heavy atom. The highest BCUT2D eigenvalue weighted by Gasteiger charge is 2.11. The van der Waals surface area contributed by atoms with Crippen LogP contribution in [0.5, 0.6) is 0 Å². The van der Waals surface area contributed by atoms with Crippen molar-refractivity contribution in [2.24, 2.45) is 0 Å². The minimum absolute atomic E-state index is 0.0653. The number of carboxylic acids is 1. The van der Waals surface area contributed by atoms with Crippen LogP contribution in [0.1, 0.15) is 10.4 Å². The van der Waals surface area contributed by atoms with Crippen LogP contribution in [0, 0.1) is 5.82 Å². The van der Waals surface area contributed by atoms with Gasteiger partial charge in [-0.1, -0.05) is 11.6 Å². The van der Waals surface area contributed by atoms with Crippen LogP contribution >= 0.6 is 22.9 Å². The number of aromatic carboxylic acids is 1. The minimum Gasteiger partial charge on any atom is -0.478 e. The van der Waals surface area contributed by atoms with Gasteiger partial charge in [0, 0.05) is 0 Å². The first-order chi connectivity index (χ1) is 6.58. The number of benzene rings is 1. The number of hydrogen-bond acceptors (Lipinski definition) is 2. The summed E-state index contributed by atoms with van der Waals surface area (Å²) < 4.78 is 14.1. The fourth-order valence-corrected chi connectivity index (χ4v) is 2.32. The highest BCUT2D eigenvalue weighted by atomic mass is 35.5. The molecule has 1 aromatic carbocycles. The molecule has 2 nitrogen and oxygen atoms in total. The molecular formula is C9H4ClFO2S. The zero-order valence-corrected chi connectivity index (χ0v) is 8.32. The van der Waals surface area contributed by atoms with E-state index in [9.17, 15) is 9.18 Å². The second kappa shape index (κ2) is 3.22. The first kappa shape index (κ1) is 9.43. The van der Waals surface area contributed by atoms with Gasteiger partial charge in [-0.25, -0.2) is 9.18 Å². The van der Waals surface area contributed by atoms with Gasteiger partial charge in [0.15, 0.2) is 0 Å². The first-order valence-electron chi connectivity index (χ1n) is 3.70. The molecular weight excluding hydrogens is 227 g/mol. The molecule has 5 heteroatoms. The van der Waals surface area contributed by atoms with Crippen molar-refractivity contribution < 1.29 is 14.3 Å². The van der Waals surface area contributed by atoms with Crippen molar-refractivity contribution in [2.45, 2.75) is 0 Å². The van der Waals surface area contributed by atoms with Gasteiger partial charge in [0.1, 0.15) is 5.82 Å². The van der Waals surface area contributed by atoms with Gasteiger partial charge >= 0.3 is 5.97 Å². The maximum Gasteiger partial charge on any atom is 0.335 e. The van der Waals surface area contributed by atoms with Crippen molar-refractivity contribution in [1.29, 1.82) is 0 Å². The van der Waals surface area contributed by atoms with Crippen LogP contribution < -0.4 is 0 Å². The lowest BCUT2D eigenvalue weighted by Gasteiger charge is -1.95. The highest BCUT2D eigenvalue weighted by molar-refractivity contribution is 7.22. The molecule has 0 radical (unpaired) electrons. The quantitative estimate of drug-likeness (QED) is 0.815. The van der Waals surface area contributed by atoms with E-state index < -0.39 is 11.8 Å². The molecule has 72 valence electrons. The molecule has 1 heterocycles. The van der Waals surface area contributed by atoms with E-state index in [1.165, 1.54) is 6.07 Å². The molecule has 0 atom stereocenters. The van der Waals surface area contributed by atoms with E-state index in [-0.39, 0.29) is 5.56 Å². The minimum atomic E-state index is -1.15. The molecule has 0 saturated heterocycles.